The molecule has 2 heterocycles. The van der Waals surface area contributed by atoms with E-state index in [1.165, 1.54) is 0 Å². The molecule has 96 valence electrons. The van der Waals surface area contributed by atoms with Gasteiger partial charge in [-0.1, -0.05) is 0 Å². The Morgan fingerprint density at radius 2 is 2.00 bits per heavy atom. The van der Waals surface area contributed by atoms with Crippen molar-refractivity contribution in [2.75, 3.05) is 18.1 Å². The van der Waals surface area contributed by atoms with Crippen LogP contribution in [0.4, 0.5) is 0 Å². The Kier molecular flexibility index (Phi) is 3.39. The molecule has 2 rings (SSSR count). The molecular formula is C10H16N2O4S. The van der Waals surface area contributed by atoms with Gasteiger partial charge >= 0.3 is 5.63 Å². The van der Waals surface area contributed by atoms with Gasteiger partial charge in [-0.05, 0) is 25.8 Å². The van der Waals surface area contributed by atoms with Gasteiger partial charge in [-0.2, -0.15) is 0 Å². The standard InChI is InChI=1S/C10H16N2O4S/c11-4-1-8-9(12-16-10(8)13)7-2-5-17(14,15)6-3-7/h7,12H,1-6,11H2. The van der Waals surface area contributed by atoms with Crippen molar-refractivity contribution in [2.24, 2.45) is 5.73 Å². The molecule has 1 aliphatic heterocycles. The van der Waals surface area contributed by atoms with Crippen molar-refractivity contribution in [3.05, 3.63) is 21.7 Å². The molecule has 1 aromatic heterocycles. The summed E-state index contributed by atoms with van der Waals surface area (Å²) in [7, 11) is -2.89. The van der Waals surface area contributed by atoms with E-state index in [0.717, 1.165) is 5.69 Å². The third-order valence-electron chi connectivity index (χ3n) is 3.18. The Bertz CT molecular complexity index is 529. The van der Waals surface area contributed by atoms with Gasteiger partial charge in [0.2, 0.25) is 0 Å². The van der Waals surface area contributed by atoms with Gasteiger partial charge in [0.25, 0.3) is 0 Å². The molecular weight excluding hydrogens is 244 g/mol. The van der Waals surface area contributed by atoms with E-state index in [1.54, 1.807) is 0 Å². The Balaban J connectivity index is 2.21. The molecule has 0 aliphatic carbocycles. The fourth-order valence-electron chi connectivity index (χ4n) is 2.22. The van der Waals surface area contributed by atoms with Crippen LogP contribution < -0.4 is 11.4 Å². The van der Waals surface area contributed by atoms with E-state index >= 15 is 0 Å². The molecule has 0 amide bonds. The predicted molar refractivity (Wildman–Crippen MR) is 62.7 cm³/mol. The highest BCUT2D eigenvalue weighted by atomic mass is 32.2. The quantitative estimate of drug-likeness (QED) is 0.780. The second-order valence-corrected chi connectivity index (χ2v) is 6.65. The fourth-order valence-corrected chi connectivity index (χ4v) is 3.72. The molecule has 1 fully saturated rings. The zero-order chi connectivity index (χ0) is 12.5. The number of nitrogens with one attached hydrogen (secondary N) is 1. The van der Waals surface area contributed by atoms with Crippen molar-refractivity contribution in [3.63, 3.8) is 0 Å². The van der Waals surface area contributed by atoms with E-state index in [2.05, 4.69) is 5.16 Å². The summed E-state index contributed by atoms with van der Waals surface area (Å²) in [4.78, 5) is 11.4. The number of rotatable bonds is 3. The molecule has 1 saturated heterocycles. The molecule has 6 nitrogen and oxygen atoms in total. The van der Waals surface area contributed by atoms with E-state index in [-0.39, 0.29) is 23.0 Å². The maximum atomic E-state index is 11.4. The van der Waals surface area contributed by atoms with Crippen LogP contribution in [0, 0.1) is 0 Å². The fraction of sp³-hybridized carbons (Fsp3) is 0.700. The number of sulfone groups is 1. The van der Waals surface area contributed by atoms with Gasteiger partial charge in [-0.25, -0.2) is 18.4 Å². The van der Waals surface area contributed by atoms with E-state index in [0.29, 0.717) is 31.4 Å². The van der Waals surface area contributed by atoms with Crippen molar-refractivity contribution in [1.82, 2.24) is 5.16 Å². The number of hydrogen-bond acceptors (Lipinski definition) is 5. The Morgan fingerprint density at radius 3 is 2.59 bits per heavy atom. The van der Waals surface area contributed by atoms with Crippen LogP contribution in [0.5, 0.6) is 0 Å². The first kappa shape index (κ1) is 12.4. The van der Waals surface area contributed by atoms with Crippen molar-refractivity contribution in [1.29, 1.82) is 0 Å². The zero-order valence-corrected chi connectivity index (χ0v) is 10.3. The summed E-state index contributed by atoms with van der Waals surface area (Å²) >= 11 is 0. The summed E-state index contributed by atoms with van der Waals surface area (Å²) < 4.78 is 27.4. The highest BCUT2D eigenvalue weighted by molar-refractivity contribution is 7.91. The number of nitrogens with two attached hydrogens (primary N) is 1. The number of aromatic amines is 1. The lowest BCUT2D eigenvalue weighted by atomic mass is 9.95. The monoisotopic (exact) mass is 260 g/mol. The molecule has 1 aliphatic rings. The molecule has 1 aromatic rings. The lowest BCUT2D eigenvalue weighted by Crippen LogP contribution is -2.23. The minimum Gasteiger partial charge on any atom is -0.339 e. The summed E-state index contributed by atoms with van der Waals surface area (Å²) in [6.45, 7) is 0.376. The Morgan fingerprint density at radius 1 is 1.35 bits per heavy atom. The van der Waals surface area contributed by atoms with Crippen LogP contribution in [0.1, 0.15) is 30.0 Å². The molecule has 0 unspecified atom stereocenters. The summed E-state index contributed by atoms with van der Waals surface area (Å²) in [6.07, 6.45) is 1.54. The van der Waals surface area contributed by atoms with Crippen molar-refractivity contribution in [3.8, 4) is 0 Å². The Hall–Kier alpha value is -1.08. The highest BCUT2D eigenvalue weighted by Gasteiger charge is 2.28. The van der Waals surface area contributed by atoms with Crippen LogP contribution >= 0.6 is 0 Å². The van der Waals surface area contributed by atoms with Gasteiger partial charge in [0.05, 0.1) is 22.8 Å². The number of H-pyrrole nitrogens is 1. The molecule has 7 heteroatoms. The van der Waals surface area contributed by atoms with E-state index in [1.807, 2.05) is 0 Å². The van der Waals surface area contributed by atoms with Crippen LogP contribution in [-0.4, -0.2) is 31.6 Å². The topological polar surface area (TPSA) is 106 Å². The van der Waals surface area contributed by atoms with Crippen molar-refractivity contribution < 1.29 is 12.9 Å². The second kappa shape index (κ2) is 4.66. The lowest BCUT2D eigenvalue weighted by Gasteiger charge is -2.21. The summed E-state index contributed by atoms with van der Waals surface area (Å²) in [5.74, 6) is 0.409. The van der Waals surface area contributed by atoms with E-state index in [9.17, 15) is 13.2 Å². The first-order valence-electron chi connectivity index (χ1n) is 5.64. The van der Waals surface area contributed by atoms with E-state index in [4.69, 9.17) is 10.3 Å². The third kappa shape index (κ3) is 2.61. The predicted octanol–water partition coefficient (Wildman–Crippen LogP) is -0.239. The maximum absolute atomic E-state index is 11.4. The lowest BCUT2D eigenvalue weighted by molar-refractivity contribution is 0.376. The van der Waals surface area contributed by atoms with Gasteiger partial charge in [-0.15, -0.1) is 0 Å². The number of hydrogen-bond donors (Lipinski definition) is 2. The van der Waals surface area contributed by atoms with Crippen LogP contribution in [0.2, 0.25) is 0 Å². The van der Waals surface area contributed by atoms with Gasteiger partial charge in [0, 0.05) is 5.92 Å². The highest BCUT2D eigenvalue weighted by Crippen LogP contribution is 2.29. The first-order valence-corrected chi connectivity index (χ1v) is 7.46. The minimum absolute atomic E-state index is 0.0616. The average Bonchev–Trinajstić information content (AvgIpc) is 2.62. The molecule has 0 radical (unpaired) electrons. The van der Waals surface area contributed by atoms with Gasteiger partial charge in [0.15, 0.2) is 0 Å². The molecule has 0 spiro atoms. The average molecular weight is 260 g/mol. The van der Waals surface area contributed by atoms with Gasteiger partial charge in [-0.3, -0.25) is 0 Å². The van der Waals surface area contributed by atoms with E-state index < -0.39 is 9.84 Å². The molecule has 0 bridgehead atoms. The normalized spacial score (nSPS) is 20.5. The summed E-state index contributed by atoms with van der Waals surface area (Å²) in [5.41, 5.74) is 6.35. The smallest absolute Gasteiger partial charge is 0.339 e. The molecule has 17 heavy (non-hydrogen) atoms. The van der Waals surface area contributed by atoms with Crippen molar-refractivity contribution >= 4 is 9.84 Å². The largest absolute Gasteiger partial charge is 0.360 e. The number of aromatic nitrogens is 1. The van der Waals surface area contributed by atoms with Crippen LogP contribution in [0.25, 0.3) is 0 Å². The minimum atomic E-state index is -2.89. The zero-order valence-electron chi connectivity index (χ0n) is 9.44. The van der Waals surface area contributed by atoms with Crippen LogP contribution in [0.3, 0.4) is 0 Å². The third-order valence-corrected chi connectivity index (χ3v) is 4.90. The van der Waals surface area contributed by atoms with Crippen LogP contribution in [-0.2, 0) is 16.3 Å². The maximum Gasteiger partial charge on any atom is 0.360 e. The molecule has 0 aromatic carbocycles. The molecule has 0 saturated carbocycles. The second-order valence-electron chi connectivity index (χ2n) is 4.35. The summed E-state index contributed by atoms with van der Waals surface area (Å²) in [5, 5.41) is 2.62. The Labute approximate surface area is 99.1 Å². The SMILES string of the molecule is NCCc1c(C2CCS(=O)(=O)CC2)[nH]oc1=O. The molecule has 3 N–H and O–H groups in total. The summed E-state index contributed by atoms with van der Waals surface area (Å²) in [6, 6.07) is 0. The van der Waals surface area contributed by atoms with Crippen LogP contribution in [0.15, 0.2) is 9.32 Å². The van der Waals surface area contributed by atoms with Gasteiger partial charge in [0.1, 0.15) is 9.84 Å². The van der Waals surface area contributed by atoms with Gasteiger partial charge < -0.3 is 10.3 Å². The first-order chi connectivity index (χ1) is 8.03. The molecule has 0 atom stereocenters. The van der Waals surface area contributed by atoms with Crippen molar-refractivity contribution in [2.45, 2.75) is 25.2 Å².